The minimum absolute atomic E-state index is 0.000622. The highest BCUT2D eigenvalue weighted by Gasteiger charge is 2.39. The van der Waals surface area contributed by atoms with Crippen molar-refractivity contribution in [1.29, 1.82) is 0 Å². The lowest BCUT2D eigenvalue weighted by molar-refractivity contribution is -0.00979. The van der Waals surface area contributed by atoms with E-state index in [4.69, 9.17) is 28.7 Å². The number of carbonyl (C=O) groups is 2. The summed E-state index contributed by atoms with van der Waals surface area (Å²) in [7, 11) is 3.17. The fourth-order valence-electron chi connectivity index (χ4n) is 9.66. The summed E-state index contributed by atoms with van der Waals surface area (Å²) >= 11 is 0. The van der Waals surface area contributed by atoms with Crippen molar-refractivity contribution in [1.82, 2.24) is 0 Å². The van der Waals surface area contributed by atoms with Gasteiger partial charge in [-0.15, -0.1) is 0 Å². The molecule has 0 spiro atoms. The van der Waals surface area contributed by atoms with Gasteiger partial charge < -0.3 is 38.8 Å². The lowest BCUT2D eigenvalue weighted by atomic mass is 9.95. The summed E-state index contributed by atoms with van der Waals surface area (Å²) in [5.41, 5.74) is 9.52. The number of nitrogens with one attached hydrogen (secondary N) is 1. The maximum Gasteiger partial charge on any atom is 0.261 e. The maximum atomic E-state index is 14.2. The number of methoxy groups -OCH3 is 2. The van der Waals surface area contributed by atoms with E-state index in [0.717, 1.165) is 52.2 Å². The highest BCUT2D eigenvalue weighted by atomic mass is 16.5. The van der Waals surface area contributed by atoms with Gasteiger partial charge in [-0.1, -0.05) is 48.6 Å². The van der Waals surface area contributed by atoms with Crippen LogP contribution in [0.5, 0.6) is 23.0 Å². The van der Waals surface area contributed by atoms with E-state index in [2.05, 4.69) is 81.7 Å². The first-order chi connectivity index (χ1) is 32.1. The molecule has 67 heavy (non-hydrogen) atoms. The zero-order valence-electron chi connectivity index (χ0n) is 39.9. The second-order valence-electron chi connectivity index (χ2n) is 19.6. The van der Waals surface area contributed by atoms with Gasteiger partial charge >= 0.3 is 0 Å². The van der Waals surface area contributed by atoms with E-state index in [0.29, 0.717) is 71.6 Å². The molecule has 2 amide bonds. The van der Waals surface area contributed by atoms with Crippen LogP contribution in [0.4, 0.5) is 28.4 Å². The molecule has 0 bridgehead atoms. The highest BCUT2D eigenvalue weighted by Crippen LogP contribution is 2.43. The summed E-state index contributed by atoms with van der Waals surface area (Å²) in [4.78, 5) is 39.2. The normalized spacial score (nSPS) is 17.0. The van der Waals surface area contributed by atoms with Gasteiger partial charge in [0.1, 0.15) is 13.2 Å². The predicted molar refractivity (Wildman–Crippen MR) is 266 cm³/mol. The second-order valence-corrected chi connectivity index (χ2v) is 19.6. The molecule has 2 atom stereocenters. The average Bonchev–Trinajstić information content (AvgIpc) is 3.79. The Hall–Kier alpha value is -6.79. The van der Waals surface area contributed by atoms with Crippen LogP contribution in [-0.4, -0.2) is 75.2 Å². The summed E-state index contributed by atoms with van der Waals surface area (Å²) in [6.07, 6.45) is 4.11. The first-order valence-electron chi connectivity index (χ1n) is 23.1. The number of rotatable bonds is 15. The summed E-state index contributed by atoms with van der Waals surface area (Å²) in [5, 5.41) is 3.55. The van der Waals surface area contributed by atoms with Crippen LogP contribution in [0.3, 0.4) is 0 Å². The molecule has 0 aliphatic carbocycles. The van der Waals surface area contributed by atoms with Crippen molar-refractivity contribution in [3.05, 3.63) is 137 Å². The molecule has 0 radical (unpaired) electrons. The van der Waals surface area contributed by atoms with Gasteiger partial charge in [0.25, 0.3) is 11.8 Å². The largest absolute Gasteiger partial charge is 0.493 e. The number of anilines is 4. The van der Waals surface area contributed by atoms with Crippen LogP contribution in [-0.2, 0) is 30.8 Å². The molecule has 5 aromatic rings. The van der Waals surface area contributed by atoms with Gasteiger partial charge in [-0.2, -0.15) is 0 Å². The van der Waals surface area contributed by atoms with Crippen LogP contribution < -0.4 is 39.0 Å². The van der Waals surface area contributed by atoms with Crippen molar-refractivity contribution in [3.8, 4) is 23.0 Å². The molecule has 0 fully saturated rings. The van der Waals surface area contributed by atoms with E-state index in [1.165, 1.54) is 5.56 Å². The topological polar surface area (TPSA) is 114 Å². The Kier molecular flexibility index (Phi) is 12.3. The summed E-state index contributed by atoms with van der Waals surface area (Å²) in [5.74, 6) is 1.68. The van der Waals surface area contributed by atoms with E-state index in [-0.39, 0.29) is 48.3 Å². The molecule has 9 rings (SSSR count). The predicted octanol–water partition coefficient (Wildman–Crippen LogP) is 10.5. The number of para-hydroxylation sites is 2. The zero-order valence-corrected chi connectivity index (χ0v) is 39.9. The Labute approximate surface area is 394 Å². The number of hydrogen-bond acceptors (Lipinski definition) is 10. The molecule has 348 valence electrons. The van der Waals surface area contributed by atoms with Gasteiger partial charge in [0, 0.05) is 67.1 Å². The lowest BCUT2D eigenvalue weighted by Gasteiger charge is -2.42. The number of fused-ring (bicyclic) bond motifs is 8. The third-order valence-electron chi connectivity index (χ3n) is 13.0. The van der Waals surface area contributed by atoms with Crippen molar-refractivity contribution >= 4 is 46.5 Å². The van der Waals surface area contributed by atoms with Crippen LogP contribution >= 0.6 is 0 Å². The average molecular weight is 904 g/mol. The summed E-state index contributed by atoms with van der Waals surface area (Å²) < 4.78 is 31.2. The Balaban J connectivity index is 1.02. The van der Waals surface area contributed by atoms with E-state index < -0.39 is 0 Å². The van der Waals surface area contributed by atoms with Crippen LogP contribution in [0.15, 0.2) is 108 Å². The number of aliphatic imine (C=N–C) groups is 1. The van der Waals surface area contributed by atoms with Gasteiger partial charge in [0.15, 0.2) is 23.0 Å². The zero-order chi connectivity index (χ0) is 47.2. The second kappa shape index (κ2) is 18.1. The monoisotopic (exact) mass is 903 g/mol. The van der Waals surface area contributed by atoms with Crippen molar-refractivity contribution in [2.24, 2.45) is 4.99 Å². The molecule has 0 saturated heterocycles. The molecular weight excluding hydrogens is 843 g/mol. The van der Waals surface area contributed by atoms with Crippen molar-refractivity contribution in [2.75, 3.05) is 53.9 Å². The van der Waals surface area contributed by atoms with Crippen molar-refractivity contribution in [2.45, 2.75) is 97.2 Å². The molecule has 0 saturated carbocycles. The molecule has 0 aromatic heterocycles. The summed E-state index contributed by atoms with van der Waals surface area (Å²) in [6, 6.07) is 29.5. The maximum absolute atomic E-state index is 14.2. The first-order valence-corrected chi connectivity index (χ1v) is 23.1. The minimum Gasteiger partial charge on any atom is -0.493 e. The SMILES string of the molecule is C=C(C)CN(c1cc(COc2cc3c(cc2OC)C(=O)N2c4ccccc4C[C@H]2C=N3)cc(COc2cc3c(cc2OC)C(=O)N2c4ccccc4C[C@H]2CN3)c1)C(C)(C)CCOC(C)(C)C. The minimum atomic E-state index is -0.339. The molecule has 12 nitrogen and oxygen atoms in total. The number of ether oxygens (including phenoxy) is 5. The van der Waals surface area contributed by atoms with Gasteiger partial charge in [0.2, 0.25) is 0 Å². The standard InChI is InChI=1S/C55H61N5O7/c1-34(2)31-58(55(6,7)18-19-67-54(3,4)5)39-21-35(32-65-50-27-44-42(25-48(50)63-8)52(61)59-40(29-56-44)23-37-14-10-12-16-46(37)59)20-36(22-39)33-66-51-28-45-43(26-49(51)64-9)53(62)60-41(30-57-45)24-38-15-11-13-17-47(38)60/h10-17,20-22,25-29,40-41,57H,1,18-19,23-24,30-33H2,2-9H3/t40-,41-/m0/s1. The molecule has 4 heterocycles. The third kappa shape index (κ3) is 9.19. The molecule has 5 aromatic carbocycles. The van der Waals surface area contributed by atoms with Gasteiger partial charge in [-0.05, 0) is 119 Å². The Morgan fingerprint density at radius 1 is 0.761 bits per heavy atom. The Morgan fingerprint density at radius 3 is 2.00 bits per heavy atom. The molecule has 0 unspecified atom stereocenters. The molecule has 4 aliphatic rings. The number of benzene rings is 5. The van der Waals surface area contributed by atoms with Gasteiger partial charge in [0.05, 0.1) is 54.4 Å². The lowest BCUT2D eigenvalue weighted by Crippen LogP contribution is -2.46. The van der Waals surface area contributed by atoms with Crippen LogP contribution in [0.2, 0.25) is 0 Å². The van der Waals surface area contributed by atoms with Crippen LogP contribution in [0.1, 0.15) is 90.9 Å². The summed E-state index contributed by atoms with van der Waals surface area (Å²) in [6.45, 7) is 19.2. The van der Waals surface area contributed by atoms with Gasteiger partial charge in [-0.3, -0.25) is 19.5 Å². The van der Waals surface area contributed by atoms with E-state index >= 15 is 0 Å². The van der Waals surface area contributed by atoms with Crippen LogP contribution in [0.25, 0.3) is 0 Å². The smallest absolute Gasteiger partial charge is 0.261 e. The Morgan fingerprint density at radius 2 is 1.36 bits per heavy atom. The first kappa shape index (κ1) is 45.4. The molecule has 4 aliphatic heterocycles. The van der Waals surface area contributed by atoms with Crippen molar-refractivity contribution < 1.29 is 33.3 Å². The number of amides is 2. The van der Waals surface area contributed by atoms with E-state index in [1.54, 1.807) is 32.4 Å². The quantitative estimate of drug-likeness (QED) is 0.103. The third-order valence-corrected chi connectivity index (χ3v) is 13.0. The van der Waals surface area contributed by atoms with Gasteiger partial charge in [-0.25, -0.2) is 0 Å². The Bertz CT molecular complexity index is 2770. The fraction of sp³-hybridized carbons (Fsp3) is 0.364. The molecule has 1 N–H and O–H groups in total. The highest BCUT2D eigenvalue weighted by molar-refractivity contribution is 6.15. The molecular formula is C55H61N5O7. The van der Waals surface area contributed by atoms with E-state index in [9.17, 15) is 9.59 Å². The van der Waals surface area contributed by atoms with Crippen LogP contribution in [0, 0.1) is 0 Å². The molecule has 12 heteroatoms. The van der Waals surface area contributed by atoms with E-state index in [1.807, 2.05) is 65.4 Å². The number of hydrogen-bond donors (Lipinski definition) is 1. The van der Waals surface area contributed by atoms with Crippen molar-refractivity contribution in [3.63, 3.8) is 0 Å². The number of nitrogens with zero attached hydrogens (tertiary/aromatic N) is 4. The fourth-order valence-corrected chi connectivity index (χ4v) is 9.66. The number of carbonyl (C=O) groups excluding carboxylic acids is 2.